The molecule has 3 aliphatic heterocycles. The first-order valence-corrected chi connectivity index (χ1v) is 11.1. The summed E-state index contributed by atoms with van der Waals surface area (Å²) in [7, 11) is 0. The van der Waals surface area contributed by atoms with E-state index in [2.05, 4.69) is 34.1 Å². The molecule has 1 atom stereocenters. The van der Waals surface area contributed by atoms with Gasteiger partial charge in [0, 0.05) is 32.7 Å². The predicted octanol–water partition coefficient (Wildman–Crippen LogP) is 2.69. The van der Waals surface area contributed by atoms with Crippen molar-refractivity contribution in [2.75, 3.05) is 39.3 Å². The van der Waals surface area contributed by atoms with Gasteiger partial charge in [0.2, 0.25) is 11.8 Å². The molecule has 0 N–H and O–H groups in total. The number of fused-ring (bicyclic) bond motifs is 1. The highest BCUT2D eigenvalue weighted by molar-refractivity contribution is 5.80. The fourth-order valence-electron chi connectivity index (χ4n) is 4.95. The van der Waals surface area contributed by atoms with E-state index in [1.807, 2.05) is 4.90 Å². The Balaban J connectivity index is 1.31. The van der Waals surface area contributed by atoms with E-state index in [4.69, 9.17) is 0 Å². The molecular formula is C23H33N3O2. The third-order valence-corrected chi connectivity index (χ3v) is 6.61. The quantitative estimate of drug-likeness (QED) is 0.806. The van der Waals surface area contributed by atoms with Crippen LogP contribution < -0.4 is 0 Å². The first-order chi connectivity index (χ1) is 13.7. The summed E-state index contributed by atoms with van der Waals surface area (Å²) in [4.78, 5) is 32.2. The number of rotatable bonds is 3. The Labute approximate surface area is 168 Å². The minimum atomic E-state index is 0.0710. The number of amides is 2. The number of benzene rings is 1. The van der Waals surface area contributed by atoms with Gasteiger partial charge in [0.15, 0.2) is 0 Å². The van der Waals surface area contributed by atoms with E-state index in [0.29, 0.717) is 12.5 Å². The number of likely N-dealkylation sites (tertiary alicyclic amines) is 2. The molecule has 2 saturated heterocycles. The molecule has 152 valence electrons. The highest BCUT2D eigenvalue weighted by Crippen LogP contribution is 2.22. The molecule has 3 aliphatic rings. The number of piperidine rings is 1. The monoisotopic (exact) mass is 383 g/mol. The maximum atomic E-state index is 13.0. The lowest BCUT2D eigenvalue weighted by Crippen LogP contribution is -2.49. The molecule has 0 spiro atoms. The summed E-state index contributed by atoms with van der Waals surface area (Å²) in [6.45, 7) is 5.49. The summed E-state index contributed by atoms with van der Waals surface area (Å²) >= 11 is 0. The second-order valence-corrected chi connectivity index (χ2v) is 8.65. The zero-order valence-electron chi connectivity index (χ0n) is 16.9. The van der Waals surface area contributed by atoms with Gasteiger partial charge in [0.25, 0.3) is 0 Å². The van der Waals surface area contributed by atoms with Gasteiger partial charge in [-0.1, -0.05) is 37.1 Å². The Morgan fingerprint density at radius 3 is 2.39 bits per heavy atom. The molecule has 0 bridgehead atoms. The van der Waals surface area contributed by atoms with Crippen molar-refractivity contribution in [1.82, 2.24) is 14.7 Å². The number of hydrogen-bond acceptors (Lipinski definition) is 3. The number of nitrogens with zero attached hydrogens (tertiary/aromatic N) is 3. The molecule has 0 unspecified atom stereocenters. The number of hydrogen-bond donors (Lipinski definition) is 0. The molecule has 0 radical (unpaired) electrons. The van der Waals surface area contributed by atoms with E-state index in [0.717, 1.165) is 71.4 Å². The smallest absolute Gasteiger partial charge is 0.237 e. The van der Waals surface area contributed by atoms with Gasteiger partial charge in [0.1, 0.15) is 0 Å². The molecule has 0 aliphatic carbocycles. The maximum absolute atomic E-state index is 13.0. The Hall–Kier alpha value is -1.88. The van der Waals surface area contributed by atoms with Gasteiger partial charge in [-0.3, -0.25) is 14.5 Å². The van der Waals surface area contributed by atoms with Crippen LogP contribution >= 0.6 is 0 Å². The fraction of sp³-hybridized carbons (Fsp3) is 0.652. The van der Waals surface area contributed by atoms with Crippen molar-refractivity contribution < 1.29 is 9.59 Å². The van der Waals surface area contributed by atoms with Crippen LogP contribution in [0.3, 0.4) is 0 Å². The van der Waals surface area contributed by atoms with E-state index in [-0.39, 0.29) is 11.8 Å². The van der Waals surface area contributed by atoms with Crippen LogP contribution in [-0.2, 0) is 22.6 Å². The van der Waals surface area contributed by atoms with E-state index in [9.17, 15) is 9.59 Å². The normalized spacial score (nSPS) is 23.8. The van der Waals surface area contributed by atoms with Gasteiger partial charge in [-0.15, -0.1) is 0 Å². The molecule has 5 heteroatoms. The van der Waals surface area contributed by atoms with Crippen LogP contribution in [0, 0.1) is 5.92 Å². The standard InChI is InChI=1S/C23H33N3O2/c27-22(26-15-11-19-8-3-4-9-20(19)17-26)18-24-12-7-10-21(16-24)23(28)25-13-5-1-2-6-14-25/h3-4,8-9,21H,1-2,5-7,10-18H2/t21-/m1/s1. The van der Waals surface area contributed by atoms with Crippen LogP contribution in [0.15, 0.2) is 24.3 Å². The summed E-state index contributed by atoms with van der Waals surface area (Å²) in [5, 5.41) is 0. The van der Waals surface area contributed by atoms with Crippen molar-refractivity contribution in [2.45, 2.75) is 51.5 Å². The molecule has 5 nitrogen and oxygen atoms in total. The van der Waals surface area contributed by atoms with E-state index < -0.39 is 0 Å². The van der Waals surface area contributed by atoms with Crippen molar-refractivity contribution in [3.05, 3.63) is 35.4 Å². The van der Waals surface area contributed by atoms with Crippen molar-refractivity contribution in [1.29, 1.82) is 0 Å². The maximum Gasteiger partial charge on any atom is 0.237 e. The summed E-state index contributed by atoms with van der Waals surface area (Å²) < 4.78 is 0. The molecule has 2 amide bonds. The molecule has 28 heavy (non-hydrogen) atoms. The zero-order valence-corrected chi connectivity index (χ0v) is 16.9. The van der Waals surface area contributed by atoms with E-state index in [1.165, 1.54) is 24.0 Å². The van der Waals surface area contributed by atoms with Crippen LogP contribution in [0.4, 0.5) is 0 Å². The van der Waals surface area contributed by atoms with Crippen molar-refractivity contribution >= 4 is 11.8 Å². The Bertz CT molecular complexity index is 697. The van der Waals surface area contributed by atoms with Gasteiger partial charge < -0.3 is 9.80 Å². The average molecular weight is 384 g/mol. The number of carbonyl (C=O) groups excluding carboxylic acids is 2. The van der Waals surface area contributed by atoms with Crippen LogP contribution in [-0.4, -0.2) is 65.8 Å². The molecule has 3 heterocycles. The predicted molar refractivity (Wildman–Crippen MR) is 110 cm³/mol. The Morgan fingerprint density at radius 2 is 1.61 bits per heavy atom. The lowest BCUT2D eigenvalue weighted by atomic mass is 9.96. The second kappa shape index (κ2) is 9.08. The summed E-state index contributed by atoms with van der Waals surface area (Å²) in [5.74, 6) is 0.602. The molecule has 2 fully saturated rings. The number of carbonyl (C=O) groups is 2. The van der Waals surface area contributed by atoms with Crippen molar-refractivity contribution in [3.63, 3.8) is 0 Å². The third kappa shape index (κ3) is 4.57. The van der Waals surface area contributed by atoms with Gasteiger partial charge in [-0.05, 0) is 49.8 Å². The first-order valence-electron chi connectivity index (χ1n) is 11.1. The average Bonchev–Trinajstić information content (AvgIpc) is 3.02. The Kier molecular flexibility index (Phi) is 6.30. The topological polar surface area (TPSA) is 43.9 Å². The van der Waals surface area contributed by atoms with Crippen LogP contribution in [0.5, 0.6) is 0 Å². The summed E-state index contributed by atoms with van der Waals surface area (Å²) in [6, 6.07) is 8.42. The molecule has 1 aromatic carbocycles. The minimum Gasteiger partial charge on any atom is -0.342 e. The highest BCUT2D eigenvalue weighted by atomic mass is 16.2. The highest BCUT2D eigenvalue weighted by Gasteiger charge is 2.31. The largest absolute Gasteiger partial charge is 0.342 e. The van der Waals surface area contributed by atoms with Crippen LogP contribution in [0.25, 0.3) is 0 Å². The Morgan fingerprint density at radius 1 is 0.857 bits per heavy atom. The first kappa shape index (κ1) is 19.4. The van der Waals surface area contributed by atoms with E-state index in [1.54, 1.807) is 0 Å². The molecule has 0 aromatic heterocycles. The minimum absolute atomic E-state index is 0.0710. The second-order valence-electron chi connectivity index (χ2n) is 8.65. The molecular weight excluding hydrogens is 350 g/mol. The van der Waals surface area contributed by atoms with E-state index >= 15 is 0 Å². The molecule has 1 aromatic rings. The fourth-order valence-corrected chi connectivity index (χ4v) is 4.95. The zero-order chi connectivity index (χ0) is 19.3. The summed E-state index contributed by atoms with van der Waals surface area (Å²) in [6.07, 6.45) is 7.69. The van der Waals surface area contributed by atoms with Gasteiger partial charge in [-0.25, -0.2) is 0 Å². The lowest BCUT2D eigenvalue weighted by molar-refractivity contribution is -0.140. The molecule has 0 saturated carbocycles. The van der Waals surface area contributed by atoms with Gasteiger partial charge >= 0.3 is 0 Å². The van der Waals surface area contributed by atoms with Crippen LogP contribution in [0.2, 0.25) is 0 Å². The summed E-state index contributed by atoms with van der Waals surface area (Å²) in [5.41, 5.74) is 2.64. The van der Waals surface area contributed by atoms with Gasteiger partial charge in [0.05, 0.1) is 12.5 Å². The third-order valence-electron chi connectivity index (χ3n) is 6.61. The molecule has 4 rings (SSSR count). The van der Waals surface area contributed by atoms with Gasteiger partial charge in [-0.2, -0.15) is 0 Å². The van der Waals surface area contributed by atoms with Crippen LogP contribution in [0.1, 0.15) is 49.7 Å². The van der Waals surface area contributed by atoms with Crippen molar-refractivity contribution in [2.24, 2.45) is 5.92 Å². The lowest BCUT2D eigenvalue weighted by Gasteiger charge is -2.36. The van der Waals surface area contributed by atoms with Crippen molar-refractivity contribution in [3.8, 4) is 0 Å². The SMILES string of the molecule is O=C(CN1CCC[C@@H](C(=O)N2CCCCCC2)C1)N1CCc2ccccc2C1.